The summed E-state index contributed by atoms with van der Waals surface area (Å²) in [6.45, 7) is 0.432. The van der Waals surface area contributed by atoms with Crippen LogP contribution in [0.5, 0.6) is 0 Å². The SMILES string of the molecule is O=C(CSc1ccccc1C(=O)NCc1ccc(Cl)cc1)NC12CC3CC(CC(C3)C1)C2. The molecule has 0 radical (unpaired) electrons. The van der Waals surface area contributed by atoms with Crippen LogP contribution in [-0.2, 0) is 11.3 Å². The van der Waals surface area contributed by atoms with Crippen LogP contribution in [0.3, 0.4) is 0 Å². The van der Waals surface area contributed by atoms with Crippen LogP contribution in [0, 0.1) is 17.8 Å². The predicted molar refractivity (Wildman–Crippen MR) is 129 cm³/mol. The Morgan fingerprint density at radius 2 is 1.56 bits per heavy atom. The van der Waals surface area contributed by atoms with Crippen LogP contribution in [0.15, 0.2) is 53.4 Å². The summed E-state index contributed by atoms with van der Waals surface area (Å²) in [6, 6.07) is 14.9. The molecule has 4 aliphatic rings. The van der Waals surface area contributed by atoms with E-state index in [-0.39, 0.29) is 17.4 Å². The molecule has 6 heteroatoms. The van der Waals surface area contributed by atoms with Gasteiger partial charge in [0, 0.05) is 22.0 Å². The lowest BCUT2D eigenvalue weighted by atomic mass is 9.53. The molecule has 32 heavy (non-hydrogen) atoms. The minimum Gasteiger partial charge on any atom is -0.350 e. The highest BCUT2D eigenvalue weighted by Crippen LogP contribution is 2.55. The molecular weight excluding hydrogens is 440 g/mol. The van der Waals surface area contributed by atoms with Crippen LogP contribution >= 0.6 is 23.4 Å². The largest absolute Gasteiger partial charge is 0.350 e. The number of hydrogen-bond donors (Lipinski definition) is 2. The highest BCUT2D eigenvalue weighted by atomic mass is 35.5. The van der Waals surface area contributed by atoms with E-state index in [0.717, 1.165) is 47.5 Å². The van der Waals surface area contributed by atoms with Gasteiger partial charge >= 0.3 is 0 Å². The van der Waals surface area contributed by atoms with Crippen LogP contribution in [0.2, 0.25) is 5.02 Å². The molecule has 0 atom stereocenters. The second kappa shape index (κ2) is 9.11. The van der Waals surface area contributed by atoms with Crippen molar-refractivity contribution in [1.82, 2.24) is 10.6 Å². The fraction of sp³-hybridized carbons (Fsp3) is 0.462. The van der Waals surface area contributed by atoms with E-state index in [1.807, 2.05) is 48.5 Å². The average Bonchev–Trinajstić information content (AvgIpc) is 2.76. The van der Waals surface area contributed by atoms with Crippen molar-refractivity contribution in [1.29, 1.82) is 0 Å². The van der Waals surface area contributed by atoms with E-state index >= 15 is 0 Å². The summed E-state index contributed by atoms with van der Waals surface area (Å²) < 4.78 is 0. The van der Waals surface area contributed by atoms with E-state index in [9.17, 15) is 9.59 Å². The number of carbonyl (C=O) groups excluding carboxylic acids is 2. The van der Waals surface area contributed by atoms with Crippen molar-refractivity contribution in [3.05, 3.63) is 64.7 Å². The van der Waals surface area contributed by atoms with Crippen LogP contribution in [0.25, 0.3) is 0 Å². The first-order valence-electron chi connectivity index (χ1n) is 11.5. The van der Waals surface area contributed by atoms with Crippen LogP contribution in [-0.4, -0.2) is 23.1 Å². The molecule has 2 aromatic carbocycles. The van der Waals surface area contributed by atoms with Gasteiger partial charge < -0.3 is 10.6 Å². The monoisotopic (exact) mass is 468 g/mol. The molecule has 0 aromatic heterocycles. The molecule has 4 saturated carbocycles. The number of nitrogens with one attached hydrogen (secondary N) is 2. The highest BCUT2D eigenvalue weighted by Gasteiger charge is 2.51. The fourth-order valence-corrected chi connectivity index (χ4v) is 7.37. The molecule has 4 fully saturated rings. The maximum atomic E-state index is 12.9. The van der Waals surface area contributed by atoms with E-state index < -0.39 is 0 Å². The first kappa shape index (κ1) is 21.8. The van der Waals surface area contributed by atoms with Gasteiger partial charge in [0.2, 0.25) is 5.91 Å². The molecule has 2 aromatic rings. The molecule has 168 valence electrons. The topological polar surface area (TPSA) is 58.2 Å². The second-order valence-electron chi connectivity index (χ2n) is 9.84. The van der Waals surface area contributed by atoms with Crippen molar-refractivity contribution in [2.75, 3.05) is 5.75 Å². The third-order valence-corrected chi connectivity index (χ3v) is 8.63. The lowest BCUT2D eigenvalue weighted by molar-refractivity contribution is -0.124. The number of benzene rings is 2. The first-order valence-corrected chi connectivity index (χ1v) is 12.9. The zero-order valence-electron chi connectivity index (χ0n) is 18.1. The molecule has 0 aliphatic heterocycles. The van der Waals surface area contributed by atoms with Crippen molar-refractivity contribution < 1.29 is 9.59 Å². The minimum atomic E-state index is -0.135. The molecule has 0 unspecified atom stereocenters. The normalized spacial score (nSPS) is 27.8. The standard InChI is InChI=1S/C26H29ClN2O2S/c27-21-7-5-17(6-8-21)15-28-25(31)22-3-1-2-4-23(22)32-16-24(30)29-26-12-18-9-19(13-26)11-20(10-18)14-26/h1-8,18-20H,9-16H2,(H,28,31)(H,29,30). The summed E-state index contributed by atoms with van der Waals surface area (Å²) in [7, 11) is 0. The molecule has 4 bridgehead atoms. The van der Waals surface area contributed by atoms with Gasteiger partial charge in [-0.3, -0.25) is 9.59 Å². The van der Waals surface area contributed by atoms with Gasteiger partial charge in [-0.15, -0.1) is 11.8 Å². The molecule has 2 amide bonds. The number of carbonyl (C=O) groups is 2. The Morgan fingerprint density at radius 3 is 2.22 bits per heavy atom. The summed E-state index contributed by atoms with van der Waals surface area (Å²) >= 11 is 7.37. The van der Waals surface area contributed by atoms with E-state index in [2.05, 4.69) is 10.6 Å². The Bertz CT molecular complexity index is 972. The highest BCUT2D eigenvalue weighted by molar-refractivity contribution is 8.00. The van der Waals surface area contributed by atoms with E-state index in [1.165, 1.54) is 31.0 Å². The Hall–Kier alpha value is -1.98. The number of halogens is 1. The van der Waals surface area contributed by atoms with Gasteiger partial charge in [-0.05, 0) is 86.1 Å². The molecule has 4 aliphatic carbocycles. The van der Waals surface area contributed by atoms with Crippen molar-refractivity contribution in [2.24, 2.45) is 17.8 Å². The third-order valence-electron chi connectivity index (χ3n) is 7.30. The molecule has 0 heterocycles. The quantitative estimate of drug-likeness (QED) is 0.531. The molecule has 2 N–H and O–H groups in total. The predicted octanol–water partition coefficient (Wildman–Crippen LogP) is 5.45. The summed E-state index contributed by atoms with van der Waals surface area (Å²) in [5.74, 6) is 2.71. The van der Waals surface area contributed by atoms with Gasteiger partial charge in [0.1, 0.15) is 0 Å². The second-order valence-corrected chi connectivity index (χ2v) is 11.3. The zero-order valence-corrected chi connectivity index (χ0v) is 19.7. The van der Waals surface area contributed by atoms with Crippen molar-refractivity contribution in [3.63, 3.8) is 0 Å². The zero-order chi connectivity index (χ0) is 22.1. The molecule has 6 rings (SSSR count). The lowest BCUT2D eigenvalue weighted by Gasteiger charge is -2.56. The lowest BCUT2D eigenvalue weighted by Crippen LogP contribution is -2.60. The number of hydrogen-bond acceptors (Lipinski definition) is 3. The van der Waals surface area contributed by atoms with E-state index in [4.69, 9.17) is 11.6 Å². The van der Waals surface area contributed by atoms with Gasteiger partial charge in [0.25, 0.3) is 5.91 Å². The third kappa shape index (κ3) is 4.84. The summed E-state index contributed by atoms with van der Waals surface area (Å²) in [5, 5.41) is 7.07. The maximum Gasteiger partial charge on any atom is 0.252 e. The van der Waals surface area contributed by atoms with Crippen LogP contribution in [0.1, 0.15) is 54.4 Å². The number of thioether (sulfide) groups is 1. The Labute approximate surface area is 198 Å². The van der Waals surface area contributed by atoms with Gasteiger partial charge in [0.15, 0.2) is 0 Å². The number of amides is 2. The van der Waals surface area contributed by atoms with E-state index in [1.54, 1.807) is 0 Å². The maximum absolute atomic E-state index is 12.9. The van der Waals surface area contributed by atoms with Gasteiger partial charge in [0.05, 0.1) is 11.3 Å². The number of rotatable bonds is 7. The van der Waals surface area contributed by atoms with Crippen LogP contribution in [0.4, 0.5) is 0 Å². The smallest absolute Gasteiger partial charge is 0.252 e. The van der Waals surface area contributed by atoms with Gasteiger partial charge in [-0.2, -0.15) is 0 Å². The molecule has 4 nitrogen and oxygen atoms in total. The van der Waals surface area contributed by atoms with E-state index in [0.29, 0.717) is 22.9 Å². The Balaban J connectivity index is 1.17. The average molecular weight is 469 g/mol. The molecular formula is C26H29ClN2O2S. The molecule has 0 saturated heterocycles. The van der Waals surface area contributed by atoms with Gasteiger partial charge in [-0.25, -0.2) is 0 Å². The van der Waals surface area contributed by atoms with Crippen molar-refractivity contribution >= 4 is 35.2 Å². The summed E-state index contributed by atoms with van der Waals surface area (Å²) in [6.07, 6.45) is 7.55. The Kier molecular flexibility index (Phi) is 6.22. The Morgan fingerprint density at radius 1 is 0.938 bits per heavy atom. The van der Waals surface area contributed by atoms with Crippen molar-refractivity contribution in [3.8, 4) is 0 Å². The summed E-state index contributed by atoms with van der Waals surface area (Å²) in [5.41, 5.74) is 1.62. The summed E-state index contributed by atoms with van der Waals surface area (Å²) in [4.78, 5) is 26.5. The first-order chi connectivity index (χ1) is 15.5. The fourth-order valence-electron chi connectivity index (χ4n) is 6.40. The van der Waals surface area contributed by atoms with Crippen molar-refractivity contribution in [2.45, 2.75) is 55.5 Å². The van der Waals surface area contributed by atoms with Gasteiger partial charge in [-0.1, -0.05) is 35.9 Å². The molecule has 0 spiro atoms. The minimum absolute atomic E-state index is 0.0296. The van der Waals surface area contributed by atoms with Crippen LogP contribution < -0.4 is 10.6 Å².